The standard InChI is InChI=1S/C21H18F3N3O/c1-2-10-27-11-16-17(20(27)28)18(25)14-8-5-7-13(19(14)26-16)12-6-3-4-9-15(12)21(22,23)24/h3-9,11,28H,2,10,25H2,1H3. The Morgan fingerprint density at radius 3 is 2.50 bits per heavy atom. The fraction of sp³-hybridized carbons (Fsp3) is 0.190. The van der Waals surface area contributed by atoms with E-state index in [1.54, 1.807) is 35.0 Å². The third-order valence-electron chi connectivity index (χ3n) is 4.84. The molecule has 4 nitrogen and oxygen atoms in total. The average molecular weight is 385 g/mol. The largest absolute Gasteiger partial charge is 0.494 e. The number of benzene rings is 2. The van der Waals surface area contributed by atoms with Crippen LogP contribution in [0.15, 0.2) is 48.7 Å². The number of pyridine rings is 1. The molecular formula is C21H18F3N3O. The molecule has 0 radical (unpaired) electrons. The molecule has 3 N–H and O–H groups in total. The van der Waals surface area contributed by atoms with Crippen LogP contribution in [0.5, 0.6) is 5.88 Å². The fourth-order valence-electron chi connectivity index (χ4n) is 3.60. The molecule has 0 saturated heterocycles. The van der Waals surface area contributed by atoms with E-state index in [2.05, 4.69) is 4.98 Å². The van der Waals surface area contributed by atoms with E-state index in [0.717, 1.165) is 12.5 Å². The number of aromatic nitrogens is 2. The second kappa shape index (κ2) is 6.44. The molecule has 0 aliphatic carbocycles. The Morgan fingerprint density at radius 2 is 1.79 bits per heavy atom. The summed E-state index contributed by atoms with van der Waals surface area (Å²) in [5.74, 6) is 0.0184. The average Bonchev–Trinajstić information content (AvgIpc) is 2.97. The zero-order chi connectivity index (χ0) is 20.1. The maximum atomic E-state index is 13.5. The first-order valence-corrected chi connectivity index (χ1v) is 8.89. The molecule has 28 heavy (non-hydrogen) atoms. The molecule has 4 aromatic rings. The van der Waals surface area contributed by atoms with Crippen molar-refractivity contribution in [3.8, 4) is 17.0 Å². The molecule has 0 fully saturated rings. The third kappa shape index (κ3) is 2.74. The number of para-hydroxylation sites is 1. The van der Waals surface area contributed by atoms with Gasteiger partial charge in [-0.05, 0) is 18.1 Å². The minimum Gasteiger partial charge on any atom is -0.494 e. The van der Waals surface area contributed by atoms with Gasteiger partial charge >= 0.3 is 6.18 Å². The highest BCUT2D eigenvalue weighted by Crippen LogP contribution is 2.42. The van der Waals surface area contributed by atoms with Gasteiger partial charge in [0.1, 0.15) is 0 Å². The number of nitrogens with zero attached hydrogens (tertiary/aromatic N) is 2. The van der Waals surface area contributed by atoms with Crippen molar-refractivity contribution in [1.82, 2.24) is 9.55 Å². The minimum absolute atomic E-state index is 0.0184. The van der Waals surface area contributed by atoms with Crippen LogP contribution in [0.3, 0.4) is 0 Å². The van der Waals surface area contributed by atoms with Crippen molar-refractivity contribution in [3.63, 3.8) is 0 Å². The summed E-state index contributed by atoms with van der Waals surface area (Å²) >= 11 is 0. The molecule has 0 saturated carbocycles. The summed E-state index contributed by atoms with van der Waals surface area (Å²) in [5, 5.41) is 11.4. The van der Waals surface area contributed by atoms with E-state index in [-0.39, 0.29) is 11.4 Å². The van der Waals surface area contributed by atoms with E-state index in [1.807, 2.05) is 6.92 Å². The Kier molecular flexibility index (Phi) is 4.18. The van der Waals surface area contributed by atoms with E-state index in [1.165, 1.54) is 12.1 Å². The van der Waals surface area contributed by atoms with Gasteiger partial charge in [-0.1, -0.05) is 43.3 Å². The van der Waals surface area contributed by atoms with Crippen LogP contribution < -0.4 is 5.73 Å². The number of halogens is 3. The first kappa shape index (κ1) is 18.2. The normalized spacial score (nSPS) is 12.1. The molecule has 0 spiro atoms. The predicted octanol–water partition coefficient (Wildman–Crippen LogP) is 5.57. The Bertz CT molecular complexity index is 1200. The molecule has 2 aromatic heterocycles. The highest BCUT2D eigenvalue weighted by Gasteiger charge is 2.33. The van der Waals surface area contributed by atoms with E-state index in [0.29, 0.717) is 39.6 Å². The Balaban J connectivity index is 2.07. The number of hydrogen-bond donors (Lipinski definition) is 2. The van der Waals surface area contributed by atoms with Gasteiger partial charge in [0.25, 0.3) is 0 Å². The number of aryl methyl sites for hydroxylation is 1. The van der Waals surface area contributed by atoms with Gasteiger partial charge in [-0.3, -0.25) is 0 Å². The number of nitrogens with two attached hydrogens (primary N) is 1. The van der Waals surface area contributed by atoms with Gasteiger partial charge in [0.15, 0.2) is 0 Å². The quantitative estimate of drug-likeness (QED) is 0.484. The Morgan fingerprint density at radius 1 is 1.07 bits per heavy atom. The van der Waals surface area contributed by atoms with Crippen molar-refractivity contribution in [3.05, 3.63) is 54.2 Å². The number of fused-ring (bicyclic) bond motifs is 2. The lowest BCUT2D eigenvalue weighted by atomic mass is 9.96. The van der Waals surface area contributed by atoms with E-state index < -0.39 is 11.7 Å². The van der Waals surface area contributed by atoms with Crippen LogP contribution in [0.1, 0.15) is 18.9 Å². The molecule has 2 heterocycles. The second-order valence-electron chi connectivity index (χ2n) is 6.68. The van der Waals surface area contributed by atoms with Crippen molar-refractivity contribution in [2.45, 2.75) is 26.1 Å². The SMILES string of the molecule is CCCn1cc2nc3c(-c4ccccc4C(F)(F)F)cccc3c(N)c2c1O. The summed E-state index contributed by atoms with van der Waals surface area (Å²) in [4.78, 5) is 4.57. The molecule has 0 amide bonds. The predicted molar refractivity (Wildman–Crippen MR) is 104 cm³/mol. The van der Waals surface area contributed by atoms with Crippen molar-refractivity contribution in [1.29, 1.82) is 0 Å². The molecule has 0 aliphatic heterocycles. The number of alkyl halides is 3. The molecule has 0 atom stereocenters. The maximum absolute atomic E-state index is 13.5. The van der Waals surface area contributed by atoms with Crippen molar-refractivity contribution in [2.75, 3.05) is 5.73 Å². The molecule has 2 aromatic carbocycles. The molecule has 0 bridgehead atoms. The summed E-state index contributed by atoms with van der Waals surface area (Å²) < 4.78 is 42.2. The number of hydrogen-bond acceptors (Lipinski definition) is 3. The number of nitrogen functional groups attached to an aromatic ring is 1. The van der Waals surface area contributed by atoms with Crippen LogP contribution in [0.25, 0.3) is 32.9 Å². The van der Waals surface area contributed by atoms with E-state index in [9.17, 15) is 18.3 Å². The van der Waals surface area contributed by atoms with Crippen LogP contribution in [0.4, 0.5) is 18.9 Å². The van der Waals surface area contributed by atoms with Gasteiger partial charge in [0, 0.05) is 23.7 Å². The number of rotatable bonds is 3. The fourth-order valence-corrected chi connectivity index (χ4v) is 3.60. The first-order valence-electron chi connectivity index (χ1n) is 8.89. The van der Waals surface area contributed by atoms with Crippen LogP contribution in [-0.4, -0.2) is 14.7 Å². The maximum Gasteiger partial charge on any atom is 0.417 e. The lowest BCUT2D eigenvalue weighted by molar-refractivity contribution is -0.137. The van der Waals surface area contributed by atoms with Gasteiger partial charge in [0.2, 0.25) is 5.88 Å². The molecule has 4 rings (SSSR count). The number of anilines is 1. The van der Waals surface area contributed by atoms with Gasteiger partial charge in [-0.15, -0.1) is 0 Å². The van der Waals surface area contributed by atoms with Crippen molar-refractivity contribution >= 4 is 27.5 Å². The lowest BCUT2D eigenvalue weighted by Gasteiger charge is -2.15. The summed E-state index contributed by atoms with van der Waals surface area (Å²) in [5.41, 5.74) is 7.10. The van der Waals surface area contributed by atoms with Crippen LogP contribution in [-0.2, 0) is 12.7 Å². The molecular weight excluding hydrogens is 367 g/mol. The summed E-state index contributed by atoms with van der Waals surface area (Å²) in [7, 11) is 0. The number of aromatic hydroxyl groups is 1. The van der Waals surface area contributed by atoms with Crippen molar-refractivity contribution < 1.29 is 18.3 Å². The second-order valence-corrected chi connectivity index (χ2v) is 6.68. The molecule has 144 valence electrons. The van der Waals surface area contributed by atoms with Crippen molar-refractivity contribution in [2.24, 2.45) is 0 Å². The van der Waals surface area contributed by atoms with Gasteiger partial charge < -0.3 is 15.4 Å². The molecule has 0 aliphatic rings. The van der Waals surface area contributed by atoms with E-state index in [4.69, 9.17) is 5.73 Å². The zero-order valence-corrected chi connectivity index (χ0v) is 15.1. The third-order valence-corrected chi connectivity index (χ3v) is 4.84. The Hall–Kier alpha value is -3.22. The zero-order valence-electron chi connectivity index (χ0n) is 15.1. The molecule has 0 unspecified atom stereocenters. The van der Waals surface area contributed by atoms with Crippen LogP contribution >= 0.6 is 0 Å². The smallest absolute Gasteiger partial charge is 0.417 e. The lowest BCUT2D eigenvalue weighted by Crippen LogP contribution is -2.07. The topological polar surface area (TPSA) is 64.1 Å². The Labute approximate surface area is 159 Å². The summed E-state index contributed by atoms with van der Waals surface area (Å²) in [6.45, 7) is 2.56. The van der Waals surface area contributed by atoms with E-state index >= 15 is 0 Å². The molecule has 7 heteroatoms. The summed E-state index contributed by atoms with van der Waals surface area (Å²) in [6.07, 6.45) is -2.01. The van der Waals surface area contributed by atoms with Crippen LogP contribution in [0, 0.1) is 0 Å². The highest BCUT2D eigenvalue weighted by atomic mass is 19.4. The first-order chi connectivity index (χ1) is 13.3. The minimum atomic E-state index is -4.49. The van der Waals surface area contributed by atoms with Gasteiger partial charge in [-0.25, -0.2) is 4.98 Å². The van der Waals surface area contributed by atoms with Crippen LogP contribution in [0.2, 0.25) is 0 Å². The highest BCUT2D eigenvalue weighted by molar-refractivity contribution is 6.12. The van der Waals surface area contributed by atoms with Gasteiger partial charge in [-0.2, -0.15) is 13.2 Å². The monoisotopic (exact) mass is 385 g/mol. The summed E-state index contributed by atoms with van der Waals surface area (Å²) in [6, 6.07) is 10.4. The van der Waals surface area contributed by atoms with Gasteiger partial charge in [0.05, 0.1) is 27.7 Å².